The average Bonchev–Trinajstić information content (AvgIpc) is 2.25. The average molecular weight is 239 g/mol. The van der Waals surface area contributed by atoms with Crippen LogP contribution in [0.2, 0.25) is 0 Å². The summed E-state index contributed by atoms with van der Waals surface area (Å²) < 4.78 is 5.60. The van der Waals surface area contributed by atoms with Crippen LogP contribution in [0, 0.1) is 0 Å². The molecule has 0 saturated heterocycles. The van der Waals surface area contributed by atoms with Crippen LogP contribution in [0.4, 0.5) is 5.82 Å². The van der Waals surface area contributed by atoms with Crippen molar-refractivity contribution in [2.45, 2.75) is 39.4 Å². The van der Waals surface area contributed by atoms with E-state index in [4.69, 9.17) is 4.74 Å². The van der Waals surface area contributed by atoms with Gasteiger partial charge in [0.2, 0.25) is 0 Å². The summed E-state index contributed by atoms with van der Waals surface area (Å²) in [5.41, 5.74) is 0. The number of anilines is 1. The highest BCUT2D eigenvalue weighted by molar-refractivity contribution is 5.46. The zero-order valence-corrected chi connectivity index (χ0v) is 10.9. The lowest BCUT2D eigenvalue weighted by Crippen LogP contribution is -2.24. The van der Waals surface area contributed by atoms with Crippen LogP contribution in [0.3, 0.4) is 0 Å². The van der Waals surface area contributed by atoms with E-state index in [9.17, 15) is 5.11 Å². The first kappa shape index (κ1) is 13.7. The molecule has 0 aromatic carbocycles. The first-order chi connectivity index (χ1) is 8.00. The minimum absolute atomic E-state index is 0.0654. The van der Waals surface area contributed by atoms with Crippen molar-refractivity contribution in [3.63, 3.8) is 0 Å². The Kier molecular flexibility index (Phi) is 5.15. The number of hydrogen-bond donors (Lipinski definition) is 1. The third-order valence-electron chi connectivity index (χ3n) is 2.24. The van der Waals surface area contributed by atoms with Crippen LogP contribution in [0.25, 0.3) is 0 Å². The Labute approximate surface area is 102 Å². The van der Waals surface area contributed by atoms with E-state index in [0.29, 0.717) is 24.7 Å². The van der Waals surface area contributed by atoms with Gasteiger partial charge in [0, 0.05) is 26.0 Å². The molecule has 0 bridgehead atoms. The Morgan fingerprint density at radius 2 is 1.94 bits per heavy atom. The summed E-state index contributed by atoms with van der Waals surface area (Å²) in [7, 11) is 1.92. The largest absolute Gasteiger partial charge is 0.472 e. The molecule has 1 heterocycles. The molecule has 0 aliphatic heterocycles. The number of rotatable bonds is 6. The molecule has 5 heteroatoms. The zero-order chi connectivity index (χ0) is 12.8. The van der Waals surface area contributed by atoms with E-state index in [1.54, 1.807) is 19.3 Å². The molecule has 1 atom stereocenters. The predicted molar refractivity (Wildman–Crippen MR) is 67.4 cm³/mol. The van der Waals surface area contributed by atoms with Crippen molar-refractivity contribution in [3.05, 3.63) is 12.4 Å². The van der Waals surface area contributed by atoms with Crippen molar-refractivity contribution in [2.75, 3.05) is 18.5 Å². The van der Waals surface area contributed by atoms with Crippen LogP contribution < -0.4 is 9.64 Å². The highest BCUT2D eigenvalue weighted by atomic mass is 16.5. The van der Waals surface area contributed by atoms with Gasteiger partial charge in [-0.1, -0.05) is 0 Å². The molecule has 0 amide bonds. The van der Waals surface area contributed by atoms with E-state index in [1.165, 1.54) is 0 Å². The molecule has 5 nitrogen and oxygen atoms in total. The molecule has 1 aromatic heterocycles. The summed E-state index contributed by atoms with van der Waals surface area (Å²) in [5.74, 6) is 1.25. The molecule has 0 saturated carbocycles. The molecule has 0 radical (unpaired) electrons. The zero-order valence-electron chi connectivity index (χ0n) is 10.9. The summed E-state index contributed by atoms with van der Waals surface area (Å²) in [6.45, 7) is 6.39. The van der Waals surface area contributed by atoms with Crippen molar-refractivity contribution in [2.24, 2.45) is 0 Å². The smallest absolute Gasteiger partial charge is 0.257 e. The van der Waals surface area contributed by atoms with Crippen LogP contribution in [-0.4, -0.2) is 40.9 Å². The van der Waals surface area contributed by atoms with Crippen LogP contribution in [-0.2, 0) is 0 Å². The summed E-state index contributed by atoms with van der Waals surface area (Å²) in [6, 6.07) is 0. The van der Waals surface area contributed by atoms with E-state index in [-0.39, 0.29) is 12.2 Å². The summed E-state index contributed by atoms with van der Waals surface area (Å²) >= 11 is 0. The molecule has 0 fully saturated rings. The summed E-state index contributed by atoms with van der Waals surface area (Å²) in [4.78, 5) is 10.4. The first-order valence-electron chi connectivity index (χ1n) is 5.87. The van der Waals surface area contributed by atoms with Crippen molar-refractivity contribution >= 4 is 5.82 Å². The van der Waals surface area contributed by atoms with Gasteiger partial charge in [-0.15, -0.1) is 0 Å². The van der Waals surface area contributed by atoms with Crippen LogP contribution in [0.5, 0.6) is 5.88 Å². The lowest BCUT2D eigenvalue weighted by molar-refractivity contribution is 0.186. The van der Waals surface area contributed by atoms with Gasteiger partial charge in [0.25, 0.3) is 5.88 Å². The Morgan fingerprint density at radius 1 is 1.29 bits per heavy atom. The second-order valence-corrected chi connectivity index (χ2v) is 4.41. The number of ether oxygens (including phenoxy) is 1. The Morgan fingerprint density at radius 3 is 2.53 bits per heavy atom. The molecular formula is C12H21N3O2. The molecule has 0 spiro atoms. The molecule has 0 aliphatic carbocycles. The minimum Gasteiger partial charge on any atom is -0.472 e. The van der Waals surface area contributed by atoms with Crippen LogP contribution in [0.15, 0.2) is 12.4 Å². The lowest BCUT2D eigenvalue weighted by Gasteiger charge is -2.21. The molecule has 17 heavy (non-hydrogen) atoms. The highest BCUT2D eigenvalue weighted by Gasteiger charge is 2.13. The number of aliphatic hydroxyl groups is 1. The van der Waals surface area contributed by atoms with Crippen molar-refractivity contribution < 1.29 is 9.84 Å². The quantitative estimate of drug-likeness (QED) is 0.814. The normalized spacial score (nSPS) is 12.6. The maximum atomic E-state index is 9.27. The van der Waals surface area contributed by atoms with Gasteiger partial charge >= 0.3 is 0 Å². The van der Waals surface area contributed by atoms with E-state index < -0.39 is 0 Å². The molecule has 1 aromatic rings. The molecule has 1 N–H and O–H groups in total. The molecule has 1 unspecified atom stereocenters. The third kappa shape index (κ3) is 4.56. The van der Waals surface area contributed by atoms with E-state index in [1.807, 2.05) is 25.8 Å². The number of hydrogen-bond acceptors (Lipinski definition) is 5. The molecular weight excluding hydrogens is 218 g/mol. The van der Waals surface area contributed by atoms with Crippen LogP contribution >= 0.6 is 0 Å². The number of nitrogens with zero attached hydrogens (tertiary/aromatic N) is 3. The van der Waals surface area contributed by atoms with Gasteiger partial charge in [0.15, 0.2) is 5.82 Å². The second-order valence-electron chi connectivity index (χ2n) is 4.41. The Balaban J connectivity index is 2.74. The molecule has 96 valence electrons. The fourth-order valence-electron chi connectivity index (χ4n) is 1.37. The molecule has 1 rings (SSSR count). The monoisotopic (exact) mass is 239 g/mol. The van der Waals surface area contributed by atoms with Crippen molar-refractivity contribution in [1.29, 1.82) is 0 Å². The minimum atomic E-state index is -0.316. The Bertz CT molecular complexity index is 342. The standard InChI is InChI=1S/C12H21N3O2/c1-9(2)17-12-11(13-6-7-14-12)15(4)8-5-10(3)16/h6-7,9-10,16H,5,8H2,1-4H3. The number of aromatic nitrogens is 2. The van der Waals surface area contributed by atoms with Gasteiger partial charge in [-0.2, -0.15) is 0 Å². The fraction of sp³-hybridized carbons (Fsp3) is 0.667. The second kappa shape index (κ2) is 6.39. The maximum Gasteiger partial charge on any atom is 0.257 e. The fourth-order valence-corrected chi connectivity index (χ4v) is 1.37. The maximum absolute atomic E-state index is 9.27. The van der Waals surface area contributed by atoms with Crippen LogP contribution in [0.1, 0.15) is 27.2 Å². The van der Waals surface area contributed by atoms with Crippen molar-refractivity contribution in [3.8, 4) is 5.88 Å². The first-order valence-corrected chi connectivity index (χ1v) is 5.87. The highest BCUT2D eigenvalue weighted by Crippen LogP contribution is 2.22. The van der Waals surface area contributed by atoms with Gasteiger partial charge in [0.1, 0.15) is 0 Å². The van der Waals surface area contributed by atoms with Gasteiger partial charge in [0.05, 0.1) is 12.2 Å². The Hall–Kier alpha value is -1.36. The number of aliphatic hydroxyl groups excluding tert-OH is 1. The van der Waals surface area contributed by atoms with Gasteiger partial charge in [-0.3, -0.25) is 0 Å². The van der Waals surface area contributed by atoms with E-state index in [0.717, 1.165) is 0 Å². The summed E-state index contributed by atoms with van der Waals surface area (Å²) in [6.07, 6.45) is 3.69. The predicted octanol–water partition coefficient (Wildman–Crippen LogP) is 1.47. The summed E-state index contributed by atoms with van der Waals surface area (Å²) in [5, 5.41) is 9.27. The topological polar surface area (TPSA) is 58.5 Å². The van der Waals surface area contributed by atoms with Gasteiger partial charge in [-0.05, 0) is 27.2 Å². The molecule has 0 aliphatic rings. The van der Waals surface area contributed by atoms with E-state index >= 15 is 0 Å². The SMILES string of the molecule is CC(O)CCN(C)c1nccnc1OC(C)C. The van der Waals surface area contributed by atoms with Gasteiger partial charge < -0.3 is 14.7 Å². The third-order valence-corrected chi connectivity index (χ3v) is 2.24. The van der Waals surface area contributed by atoms with Gasteiger partial charge in [-0.25, -0.2) is 9.97 Å². The van der Waals surface area contributed by atoms with Crippen molar-refractivity contribution in [1.82, 2.24) is 9.97 Å². The lowest BCUT2D eigenvalue weighted by atomic mass is 10.3. The van der Waals surface area contributed by atoms with E-state index in [2.05, 4.69) is 9.97 Å².